The number of amides is 1. The summed E-state index contributed by atoms with van der Waals surface area (Å²) >= 11 is 0. The van der Waals surface area contributed by atoms with Crippen LogP contribution in [-0.4, -0.2) is 18.5 Å². The molecule has 3 heteroatoms. The Morgan fingerprint density at radius 2 is 2.06 bits per heavy atom. The van der Waals surface area contributed by atoms with Crippen LogP contribution in [0.3, 0.4) is 0 Å². The molecule has 0 aromatic heterocycles. The third kappa shape index (κ3) is 4.52. The SMILES string of the molecule is CCCCC(=O)NC(CN)C1CCCCC1. The molecule has 3 nitrogen and oxygen atoms in total. The molecule has 1 atom stereocenters. The van der Waals surface area contributed by atoms with Gasteiger partial charge in [0.15, 0.2) is 0 Å². The first-order chi connectivity index (χ1) is 7.77. The molecule has 0 spiro atoms. The second-order valence-corrected chi connectivity index (χ2v) is 4.91. The standard InChI is InChI=1S/C13H26N2O/c1-2-3-9-13(16)15-12(10-14)11-7-5-4-6-8-11/h11-12H,2-10,14H2,1H3,(H,15,16). The summed E-state index contributed by atoms with van der Waals surface area (Å²) in [5.41, 5.74) is 5.77. The highest BCUT2D eigenvalue weighted by Crippen LogP contribution is 2.26. The number of rotatable bonds is 6. The van der Waals surface area contributed by atoms with E-state index in [9.17, 15) is 4.79 Å². The monoisotopic (exact) mass is 226 g/mol. The van der Waals surface area contributed by atoms with E-state index in [1.54, 1.807) is 0 Å². The van der Waals surface area contributed by atoms with Crippen LogP contribution in [0.2, 0.25) is 0 Å². The molecule has 0 bridgehead atoms. The molecular formula is C13H26N2O. The van der Waals surface area contributed by atoms with Gasteiger partial charge in [-0.1, -0.05) is 32.6 Å². The van der Waals surface area contributed by atoms with Crippen LogP contribution in [-0.2, 0) is 4.79 Å². The van der Waals surface area contributed by atoms with Gasteiger partial charge < -0.3 is 11.1 Å². The molecule has 1 amide bonds. The summed E-state index contributed by atoms with van der Waals surface area (Å²) in [6, 6.07) is 0.213. The second kappa shape index (κ2) is 7.66. The minimum Gasteiger partial charge on any atom is -0.352 e. The average molecular weight is 226 g/mol. The number of nitrogens with one attached hydrogen (secondary N) is 1. The van der Waals surface area contributed by atoms with Gasteiger partial charge in [-0.3, -0.25) is 4.79 Å². The van der Waals surface area contributed by atoms with Crippen molar-refractivity contribution in [1.82, 2.24) is 5.32 Å². The molecular weight excluding hydrogens is 200 g/mol. The van der Waals surface area contributed by atoms with Crippen molar-refractivity contribution in [3.05, 3.63) is 0 Å². The van der Waals surface area contributed by atoms with Gasteiger partial charge in [-0.15, -0.1) is 0 Å². The Hall–Kier alpha value is -0.570. The first-order valence-corrected chi connectivity index (χ1v) is 6.77. The van der Waals surface area contributed by atoms with Gasteiger partial charge in [0.25, 0.3) is 0 Å². The molecule has 1 rings (SSSR count). The largest absolute Gasteiger partial charge is 0.352 e. The van der Waals surface area contributed by atoms with Crippen LogP contribution in [0.1, 0.15) is 58.3 Å². The highest BCUT2D eigenvalue weighted by atomic mass is 16.1. The Bertz CT molecular complexity index is 200. The minimum absolute atomic E-state index is 0.183. The number of nitrogens with two attached hydrogens (primary N) is 1. The first kappa shape index (κ1) is 13.5. The van der Waals surface area contributed by atoms with Gasteiger partial charge in [0.05, 0.1) is 0 Å². The smallest absolute Gasteiger partial charge is 0.220 e. The van der Waals surface area contributed by atoms with Gasteiger partial charge >= 0.3 is 0 Å². The van der Waals surface area contributed by atoms with Crippen LogP contribution in [0.4, 0.5) is 0 Å². The molecule has 0 aromatic carbocycles. The highest BCUT2D eigenvalue weighted by Gasteiger charge is 2.23. The van der Waals surface area contributed by atoms with Gasteiger partial charge in [-0.2, -0.15) is 0 Å². The van der Waals surface area contributed by atoms with E-state index in [1.807, 2.05) is 0 Å². The van der Waals surface area contributed by atoms with Gasteiger partial charge in [-0.25, -0.2) is 0 Å². The summed E-state index contributed by atoms with van der Waals surface area (Å²) in [7, 11) is 0. The lowest BCUT2D eigenvalue weighted by molar-refractivity contribution is -0.122. The molecule has 1 unspecified atom stereocenters. The van der Waals surface area contributed by atoms with Crippen molar-refractivity contribution in [3.63, 3.8) is 0 Å². The van der Waals surface area contributed by atoms with E-state index >= 15 is 0 Å². The molecule has 3 N–H and O–H groups in total. The van der Waals surface area contributed by atoms with Crippen molar-refractivity contribution >= 4 is 5.91 Å². The summed E-state index contributed by atoms with van der Waals surface area (Å²) in [5.74, 6) is 0.798. The van der Waals surface area contributed by atoms with E-state index < -0.39 is 0 Å². The zero-order chi connectivity index (χ0) is 11.8. The molecule has 94 valence electrons. The third-order valence-corrected chi connectivity index (χ3v) is 3.58. The molecule has 1 saturated carbocycles. The van der Waals surface area contributed by atoms with Crippen LogP contribution in [0, 0.1) is 5.92 Å². The average Bonchev–Trinajstić information content (AvgIpc) is 2.34. The molecule has 16 heavy (non-hydrogen) atoms. The van der Waals surface area contributed by atoms with E-state index in [0.717, 1.165) is 12.8 Å². The predicted octanol–water partition coefficient (Wildman–Crippen LogP) is 2.20. The Morgan fingerprint density at radius 1 is 1.38 bits per heavy atom. The normalized spacial score (nSPS) is 19.4. The number of hydrogen-bond acceptors (Lipinski definition) is 2. The molecule has 0 aliphatic heterocycles. The Kier molecular flexibility index (Phi) is 6.46. The predicted molar refractivity (Wildman–Crippen MR) is 67.1 cm³/mol. The first-order valence-electron chi connectivity index (χ1n) is 6.77. The fraction of sp³-hybridized carbons (Fsp3) is 0.923. The van der Waals surface area contributed by atoms with Crippen molar-refractivity contribution in [1.29, 1.82) is 0 Å². The van der Waals surface area contributed by atoms with Crippen LogP contribution in [0.25, 0.3) is 0 Å². The van der Waals surface area contributed by atoms with E-state index in [0.29, 0.717) is 18.9 Å². The molecule has 1 fully saturated rings. The second-order valence-electron chi connectivity index (χ2n) is 4.91. The van der Waals surface area contributed by atoms with E-state index in [2.05, 4.69) is 12.2 Å². The molecule has 0 saturated heterocycles. The number of carbonyl (C=O) groups excluding carboxylic acids is 1. The maximum atomic E-state index is 11.6. The lowest BCUT2D eigenvalue weighted by Crippen LogP contribution is -2.45. The fourth-order valence-electron chi connectivity index (χ4n) is 2.52. The summed E-state index contributed by atoms with van der Waals surface area (Å²) in [6.07, 6.45) is 9.11. The lowest BCUT2D eigenvalue weighted by Gasteiger charge is -2.30. The van der Waals surface area contributed by atoms with Gasteiger partial charge in [-0.05, 0) is 25.2 Å². The van der Waals surface area contributed by atoms with Crippen molar-refractivity contribution < 1.29 is 4.79 Å². The number of unbranched alkanes of at least 4 members (excludes halogenated alkanes) is 1. The van der Waals surface area contributed by atoms with Crippen molar-refractivity contribution in [3.8, 4) is 0 Å². The minimum atomic E-state index is 0.183. The third-order valence-electron chi connectivity index (χ3n) is 3.58. The maximum absolute atomic E-state index is 11.6. The van der Waals surface area contributed by atoms with E-state index in [1.165, 1.54) is 32.1 Å². The Labute approximate surface area is 99.2 Å². The van der Waals surface area contributed by atoms with E-state index in [-0.39, 0.29) is 11.9 Å². The summed E-state index contributed by atoms with van der Waals surface area (Å²) in [6.45, 7) is 2.69. The van der Waals surface area contributed by atoms with Gasteiger partial charge in [0.2, 0.25) is 5.91 Å². The van der Waals surface area contributed by atoms with Gasteiger partial charge in [0, 0.05) is 19.0 Å². The Balaban J connectivity index is 2.32. The number of hydrogen-bond donors (Lipinski definition) is 2. The van der Waals surface area contributed by atoms with Crippen molar-refractivity contribution in [2.75, 3.05) is 6.54 Å². The molecule has 0 aromatic rings. The molecule has 0 heterocycles. The quantitative estimate of drug-likeness (QED) is 0.729. The van der Waals surface area contributed by atoms with Crippen LogP contribution < -0.4 is 11.1 Å². The van der Waals surface area contributed by atoms with Crippen LogP contribution >= 0.6 is 0 Å². The van der Waals surface area contributed by atoms with E-state index in [4.69, 9.17) is 5.73 Å². The van der Waals surface area contributed by atoms with Gasteiger partial charge in [0.1, 0.15) is 0 Å². The highest BCUT2D eigenvalue weighted by molar-refractivity contribution is 5.76. The van der Waals surface area contributed by atoms with Crippen molar-refractivity contribution in [2.45, 2.75) is 64.3 Å². The summed E-state index contributed by atoms with van der Waals surface area (Å²) < 4.78 is 0. The summed E-state index contributed by atoms with van der Waals surface area (Å²) in [4.78, 5) is 11.6. The molecule has 1 aliphatic carbocycles. The number of carbonyl (C=O) groups is 1. The van der Waals surface area contributed by atoms with Crippen LogP contribution in [0.5, 0.6) is 0 Å². The topological polar surface area (TPSA) is 55.1 Å². The van der Waals surface area contributed by atoms with Crippen LogP contribution in [0.15, 0.2) is 0 Å². The fourth-order valence-corrected chi connectivity index (χ4v) is 2.52. The zero-order valence-corrected chi connectivity index (χ0v) is 10.5. The Morgan fingerprint density at radius 3 is 2.62 bits per heavy atom. The zero-order valence-electron chi connectivity index (χ0n) is 10.5. The van der Waals surface area contributed by atoms with Crippen molar-refractivity contribution in [2.24, 2.45) is 11.7 Å². The molecule has 0 radical (unpaired) electrons. The lowest BCUT2D eigenvalue weighted by atomic mass is 9.84. The molecule has 1 aliphatic rings. The maximum Gasteiger partial charge on any atom is 0.220 e. The summed E-state index contributed by atoms with van der Waals surface area (Å²) in [5, 5.41) is 3.11.